The second-order valence-corrected chi connectivity index (χ2v) is 5.12. The maximum atomic E-state index is 4.83. The second-order valence-electron chi connectivity index (χ2n) is 5.12. The average molecular weight is 270 g/mol. The molecule has 3 aromatic carbocycles. The van der Waals surface area contributed by atoms with Gasteiger partial charge in [-0.1, -0.05) is 60.7 Å². The Bertz CT molecular complexity index is 870. The fourth-order valence-electron chi connectivity index (χ4n) is 2.72. The number of benzene rings is 3. The summed E-state index contributed by atoms with van der Waals surface area (Å²) >= 11 is 0. The summed E-state index contributed by atoms with van der Waals surface area (Å²) in [6.45, 7) is 0.688. The Morgan fingerprint density at radius 2 is 1.57 bits per heavy atom. The molecule has 1 aliphatic heterocycles. The first-order valence-corrected chi connectivity index (χ1v) is 7.06. The minimum atomic E-state index is 0.688. The molecule has 4 rings (SSSR count). The van der Waals surface area contributed by atoms with Gasteiger partial charge in [-0.05, 0) is 22.4 Å². The molecular formula is C19H14N2. The average Bonchev–Trinajstić information content (AvgIpc) is 2.76. The Labute approximate surface area is 123 Å². The van der Waals surface area contributed by atoms with E-state index >= 15 is 0 Å². The SMILES string of the molecule is C1=NCc2ccccc2N=C1c1cccc2ccccc12. The van der Waals surface area contributed by atoms with Crippen LogP contribution in [0.1, 0.15) is 11.1 Å². The van der Waals surface area contributed by atoms with Gasteiger partial charge in [0.1, 0.15) is 0 Å². The van der Waals surface area contributed by atoms with E-state index in [1.807, 2.05) is 18.3 Å². The molecule has 0 bridgehead atoms. The van der Waals surface area contributed by atoms with Gasteiger partial charge in [0, 0.05) is 11.8 Å². The van der Waals surface area contributed by atoms with Crippen LogP contribution in [0.15, 0.2) is 76.7 Å². The fraction of sp³-hybridized carbons (Fsp3) is 0.0526. The molecule has 2 nitrogen and oxygen atoms in total. The Balaban J connectivity index is 1.95. The summed E-state index contributed by atoms with van der Waals surface area (Å²) in [6, 6.07) is 22.9. The van der Waals surface area contributed by atoms with E-state index < -0.39 is 0 Å². The number of nitrogens with zero attached hydrogens (tertiary/aromatic N) is 2. The third-order valence-electron chi connectivity index (χ3n) is 3.77. The van der Waals surface area contributed by atoms with Crippen LogP contribution in [0.3, 0.4) is 0 Å². The molecule has 0 saturated heterocycles. The van der Waals surface area contributed by atoms with Gasteiger partial charge in [-0.15, -0.1) is 0 Å². The van der Waals surface area contributed by atoms with Crippen LogP contribution in [0.4, 0.5) is 5.69 Å². The number of hydrogen-bond acceptors (Lipinski definition) is 2. The van der Waals surface area contributed by atoms with Crippen molar-refractivity contribution in [2.75, 3.05) is 0 Å². The van der Waals surface area contributed by atoms with Crippen LogP contribution in [0, 0.1) is 0 Å². The molecule has 1 heterocycles. The van der Waals surface area contributed by atoms with Crippen LogP contribution in [0.5, 0.6) is 0 Å². The zero-order chi connectivity index (χ0) is 14.1. The Morgan fingerprint density at radius 3 is 2.57 bits per heavy atom. The second kappa shape index (κ2) is 4.98. The lowest BCUT2D eigenvalue weighted by Crippen LogP contribution is -2.02. The molecule has 0 unspecified atom stereocenters. The van der Waals surface area contributed by atoms with Crippen LogP contribution in [0.25, 0.3) is 10.8 Å². The Hall–Kier alpha value is -2.74. The first-order valence-electron chi connectivity index (χ1n) is 7.06. The lowest BCUT2D eigenvalue weighted by Gasteiger charge is -2.06. The Kier molecular flexibility index (Phi) is 2.86. The summed E-state index contributed by atoms with van der Waals surface area (Å²) in [4.78, 5) is 9.35. The van der Waals surface area contributed by atoms with E-state index in [9.17, 15) is 0 Å². The van der Waals surface area contributed by atoms with Crippen LogP contribution in [0.2, 0.25) is 0 Å². The number of aliphatic imine (C=N–C) groups is 2. The minimum Gasteiger partial charge on any atom is -0.286 e. The zero-order valence-electron chi connectivity index (χ0n) is 11.5. The van der Waals surface area contributed by atoms with E-state index in [2.05, 4.69) is 59.6 Å². The Morgan fingerprint density at radius 1 is 0.762 bits per heavy atom. The third-order valence-corrected chi connectivity index (χ3v) is 3.77. The first-order chi connectivity index (χ1) is 10.4. The molecule has 0 N–H and O–H groups in total. The fourth-order valence-corrected chi connectivity index (χ4v) is 2.72. The summed E-state index contributed by atoms with van der Waals surface area (Å²) < 4.78 is 0. The lowest BCUT2D eigenvalue weighted by molar-refractivity contribution is 1.08. The highest BCUT2D eigenvalue weighted by atomic mass is 14.8. The van der Waals surface area contributed by atoms with Crippen LogP contribution in [-0.2, 0) is 6.54 Å². The van der Waals surface area contributed by atoms with Gasteiger partial charge in [0.05, 0.1) is 17.9 Å². The maximum absolute atomic E-state index is 4.83. The molecule has 0 fully saturated rings. The zero-order valence-corrected chi connectivity index (χ0v) is 11.5. The number of para-hydroxylation sites is 1. The molecule has 3 aromatic rings. The summed E-state index contributed by atoms with van der Waals surface area (Å²) in [5.74, 6) is 0. The molecule has 0 aromatic heterocycles. The highest BCUT2D eigenvalue weighted by Gasteiger charge is 2.10. The van der Waals surface area contributed by atoms with E-state index in [0.29, 0.717) is 6.54 Å². The summed E-state index contributed by atoms with van der Waals surface area (Å²) in [6.07, 6.45) is 1.89. The largest absolute Gasteiger partial charge is 0.286 e. The van der Waals surface area contributed by atoms with Crippen molar-refractivity contribution in [2.45, 2.75) is 6.54 Å². The van der Waals surface area contributed by atoms with Crippen molar-refractivity contribution in [2.24, 2.45) is 9.98 Å². The lowest BCUT2D eigenvalue weighted by atomic mass is 10.0. The van der Waals surface area contributed by atoms with Crippen molar-refractivity contribution in [3.05, 3.63) is 77.9 Å². The molecule has 1 aliphatic rings. The topological polar surface area (TPSA) is 24.7 Å². The van der Waals surface area contributed by atoms with Gasteiger partial charge in [0.25, 0.3) is 0 Å². The van der Waals surface area contributed by atoms with Crippen molar-refractivity contribution in [3.8, 4) is 0 Å². The molecule has 0 radical (unpaired) electrons. The van der Waals surface area contributed by atoms with Gasteiger partial charge in [-0.2, -0.15) is 0 Å². The molecule has 0 aliphatic carbocycles. The molecule has 100 valence electrons. The molecule has 0 saturated carbocycles. The molecule has 0 spiro atoms. The minimum absolute atomic E-state index is 0.688. The number of fused-ring (bicyclic) bond motifs is 2. The van der Waals surface area contributed by atoms with Gasteiger partial charge in [0.2, 0.25) is 0 Å². The van der Waals surface area contributed by atoms with Crippen LogP contribution < -0.4 is 0 Å². The monoisotopic (exact) mass is 270 g/mol. The van der Waals surface area contributed by atoms with Gasteiger partial charge in [-0.3, -0.25) is 4.99 Å². The van der Waals surface area contributed by atoms with E-state index in [1.54, 1.807) is 0 Å². The van der Waals surface area contributed by atoms with E-state index in [-0.39, 0.29) is 0 Å². The van der Waals surface area contributed by atoms with Crippen LogP contribution in [-0.4, -0.2) is 11.9 Å². The van der Waals surface area contributed by atoms with Crippen LogP contribution >= 0.6 is 0 Å². The van der Waals surface area contributed by atoms with E-state index in [0.717, 1.165) is 17.0 Å². The normalized spacial score (nSPS) is 13.6. The van der Waals surface area contributed by atoms with Gasteiger partial charge in [0.15, 0.2) is 0 Å². The standard InChI is InChI=1S/C19H14N2/c1-3-9-16-14(6-1)8-5-10-17(16)19-13-20-12-15-7-2-4-11-18(15)21-19/h1-11,13H,12H2. The van der Waals surface area contributed by atoms with Crippen molar-refractivity contribution in [1.29, 1.82) is 0 Å². The predicted molar refractivity (Wildman–Crippen MR) is 88.8 cm³/mol. The molecule has 2 heteroatoms. The number of rotatable bonds is 1. The molecule has 0 amide bonds. The molecule has 0 atom stereocenters. The summed E-state index contributed by atoms with van der Waals surface area (Å²) in [5, 5.41) is 2.44. The van der Waals surface area contributed by atoms with Crippen molar-refractivity contribution >= 4 is 28.4 Å². The predicted octanol–water partition coefficient (Wildman–Crippen LogP) is 4.55. The van der Waals surface area contributed by atoms with Gasteiger partial charge < -0.3 is 0 Å². The smallest absolute Gasteiger partial charge is 0.0893 e. The summed E-state index contributed by atoms with van der Waals surface area (Å²) in [7, 11) is 0. The van der Waals surface area contributed by atoms with Crippen molar-refractivity contribution < 1.29 is 0 Å². The quantitative estimate of drug-likeness (QED) is 0.620. The highest BCUT2D eigenvalue weighted by Crippen LogP contribution is 2.25. The molecule has 21 heavy (non-hydrogen) atoms. The summed E-state index contributed by atoms with van der Waals surface area (Å²) in [5.41, 5.74) is 4.24. The number of hydrogen-bond donors (Lipinski definition) is 0. The highest BCUT2D eigenvalue weighted by molar-refractivity contribution is 6.41. The van der Waals surface area contributed by atoms with Gasteiger partial charge in [-0.25, -0.2) is 4.99 Å². The third kappa shape index (κ3) is 2.15. The van der Waals surface area contributed by atoms with E-state index in [1.165, 1.54) is 16.3 Å². The van der Waals surface area contributed by atoms with E-state index in [4.69, 9.17) is 4.99 Å². The van der Waals surface area contributed by atoms with Gasteiger partial charge >= 0.3 is 0 Å². The molecular weight excluding hydrogens is 256 g/mol. The first kappa shape index (κ1) is 12.0. The maximum Gasteiger partial charge on any atom is 0.0893 e. The van der Waals surface area contributed by atoms with Crippen molar-refractivity contribution in [1.82, 2.24) is 0 Å². The van der Waals surface area contributed by atoms with Crippen molar-refractivity contribution in [3.63, 3.8) is 0 Å².